The molecule has 0 bridgehead atoms. The normalized spacial score (nSPS) is 20.9. The van der Waals surface area contributed by atoms with E-state index in [2.05, 4.69) is 5.32 Å². The van der Waals surface area contributed by atoms with Crippen molar-refractivity contribution in [3.8, 4) is 0 Å². The molecule has 140 valence electrons. The van der Waals surface area contributed by atoms with Crippen molar-refractivity contribution >= 4 is 22.7 Å². The first-order valence-corrected chi connectivity index (χ1v) is 8.88. The number of nitrogens with one attached hydrogen (secondary N) is 1. The molecule has 7 heteroatoms. The second-order valence-corrected chi connectivity index (χ2v) is 7.06. The molecule has 2 aromatic rings. The van der Waals surface area contributed by atoms with Gasteiger partial charge >= 0.3 is 0 Å². The Hall–Kier alpha value is -2.38. The average molecular weight is 358 g/mol. The number of benzene rings is 1. The predicted octanol–water partition coefficient (Wildman–Crippen LogP) is 0.281. The topological polar surface area (TPSA) is 77.8 Å². The molecule has 1 aromatic heterocycles. The van der Waals surface area contributed by atoms with Gasteiger partial charge in [-0.25, -0.2) is 0 Å². The van der Waals surface area contributed by atoms with Crippen molar-refractivity contribution in [1.29, 1.82) is 0 Å². The molecule has 0 aliphatic carbocycles. The van der Waals surface area contributed by atoms with E-state index in [0.29, 0.717) is 26.1 Å². The van der Waals surface area contributed by atoms with E-state index >= 15 is 0 Å². The molecule has 0 radical (unpaired) electrons. The fraction of sp³-hybridized carbons (Fsp3) is 0.474. The van der Waals surface area contributed by atoms with Gasteiger partial charge in [0.25, 0.3) is 0 Å². The number of carbonyl (C=O) groups is 2. The fourth-order valence-corrected chi connectivity index (χ4v) is 3.33. The molecular formula is C19H26N4O3. The third-order valence-corrected chi connectivity index (χ3v) is 4.86. The van der Waals surface area contributed by atoms with Crippen LogP contribution < -0.4 is 5.32 Å². The Bertz CT molecular complexity index is 786. The van der Waals surface area contributed by atoms with Crippen molar-refractivity contribution in [2.24, 2.45) is 0 Å². The van der Waals surface area contributed by atoms with Crippen LogP contribution in [-0.4, -0.2) is 77.2 Å². The first-order valence-electron chi connectivity index (χ1n) is 8.88. The van der Waals surface area contributed by atoms with Crippen LogP contribution in [0.1, 0.15) is 6.42 Å². The van der Waals surface area contributed by atoms with Gasteiger partial charge in [0.05, 0.1) is 18.7 Å². The number of fused-ring (bicyclic) bond motifs is 1. The molecule has 1 aromatic carbocycles. The molecule has 0 unspecified atom stereocenters. The molecule has 7 nitrogen and oxygen atoms in total. The highest BCUT2D eigenvalue weighted by Gasteiger charge is 2.29. The average Bonchev–Trinajstić information content (AvgIpc) is 3.00. The monoisotopic (exact) mass is 358 g/mol. The van der Waals surface area contributed by atoms with Gasteiger partial charge in [0.15, 0.2) is 0 Å². The quantitative estimate of drug-likeness (QED) is 0.805. The Morgan fingerprint density at radius 1 is 1.23 bits per heavy atom. The highest BCUT2D eigenvalue weighted by Crippen LogP contribution is 2.15. The van der Waals surface area contributed by atoms with Gasteiger partial charge in [0.2, 0.25) is 11.8 Å². The molecule has 1 aliphatic rings. The molecule has 2 amide bonds. The zero-order valence-corrected chi connectivity index (χ0v) is 15.3. The number of rotatable bonds is 5. The van der Waals surface area contributed by atoms with Crippen LogP contribution in [0.2, 0.25) is 0 Å². The maximum Gasteiger partial charge on any atom is 0.240 e. The molecule has 26 heavy (non-hydrogen) atoms. The van der Waals surface area contributed by atoms with Crippen LogP contribution >= 0.6 is 0 Å². The van der Waals surface area contributed by atoms with Crippen LogP contribution in [0.15, 0.2) is 36.5 Å². The Kier molecular flexibility index (Phi) is 5.58. The number of aliphatic hydroxyl groups is 1. The summed E-state index contributed by atoms with van der Waals surface area (Å²) in [6.07, 6.45) is 1.85. The van der Waals surface area contributed by atoms with E-state index in [1.54, 1.807) is 19.0 Å². The number of nitrogens with zero attached hydrogens (tertiary/aromatic N) is 3. The van der Waals surface area contributed by atoms with Crippen molar-refractivity contribution in [3.05, 3.63) is 36.5 Å². The molecule has 1 saturated heterocycles. The summed E-state index contributed by atoms with van der Waals surface area (Å²) in [5.41, 5.74) is 1.01. The summed E-state index contributed by atoms with van der Waals surface area (Å²) in [4.78, 5) is 27.7. The summed E-state index contributed by atoms with van der Waals surface area (Å²) in [5.74, 6) is -0.104. The Balaban J connectivity index is 1.53. The lowest BCUT2D eigenvalue weighted by atomic mass is 10.0. The molecule has 0 saturated carbocycles. The summed E-state index contributed by atoms with van der Waals surface area (Å²) < 4.78 is 1.90. The third-order valence-electron chi connectivity index (χ3n) is 4.86. The van der Waals surface area contributed by atoms with Gasteiger partial charge in [0, 0.05) is 38.9 Å². The maximum absolute atomic E-state index is 12.4. The smallest absolute Gasteiger partial charge is 0.240 e. The number of carbonyl (C=O) groups excluding carboxylic acids is 2. The zero-order valence-electron chi connectivity index (χ0n) is 15.3. The van der Waals surface area contributed by atoms with Gasteiger partial charge in [0.1, 0.15) is 6.54 Å². The molecule has 1 aliphatic heterocycles. The summed E-state index contributed by atoms with van der Waals surface area (Å²) in [6.45, 7) is 1.57. The van der Waals surface area contributed by atoms with Crippen LogP contribution in [0.4, 0.5) is 0 Å². The largest absolute Gasteiger partial charge is 0.390 e. The first kappa shape index (κ1) is 18.4. The number of likely N-dealkylation sites (N-methyl/N-ethyl adjacent to an activating group) is 1. The van der Waals surface area contributed by atoms with Gasteiger partial charge in [-0.2, -0.15) is 0 Å². The number of β-amino-alcohol motifs (C(OH)–C–C–N with tert-alkyl or cyclic N) is 1. The van der Waals surface area contributed by atoms with Crippen molar-refractivity contribution < 1.29 is 14.7 Å². The lowest BCUT2D eigenvalue weighted by Crippen LogP contribution is -2.55. The Labute approximate surface area is 153 Å². The van der Waals surface area contributed by atoms with Crippen LogP contribution in [0.5, 0.6) is 0 Å². The van der Waals surface area contributed by atoms with E-state index in [0.717, 1.165) is 10.9 Å². The number of aromatic nitrogens is 1. The molecule has 2 N–H and O–H groups in total. The van der Waals surface area contributed by atoms with Gasteiger partial charge < -0.3 is 19.9 Å². The van der Waals surface area contributed by atoms with E-state index in [1.807, 2.05) is 46.0 Å². The molecule has 0 spiro atoms. The summed E-state index contributed by atoms with van der Waals surface area (Å²) in [6, 6.07) is 9.62. The Morgan fingerprint density at radius 2 is 2.00 bits per heavy atom. The number of aliphatic hydroxyl groups excluding tert-OH is 1. The van der Waals surface area contributed by atoms with Crippen molar-refractivity contribution in [2.45, 2.75) is 25.1 Å². The minimum atomic E-state index is -0.677. The van der Waals surface area contributed by atoms with Crippen molar-refractivity contribution in [1.82, 2.24) is 19.7 Å². The number of likely N-dealkylation sites (tertiary alicyclic amines) is 1. The number of para-hydroxylation sites is 1. The summed E-state index contributed by atoms with van der Waals surface area (Å²) in [5, 5.41) is 14.4. The van der Waals surface area contributed by atoms with E-state index in [-0.39, 0.29) is 24.4 Å². The van der Waals surface area contributed by atoms with Crippen LogP contribution in [0.3, 0.4) is 0 Å². The summed E-state index contributed by atoms with van der Waals surface area (Å²) in [7, 11) is 3.44. The maximum atomic E-state index is 12.4. The van der Waals surface area contributed by atoms with E-state index in [1.165, 1.54) is 0 Å². The second-order valence-electron chi connectivity index (χ2n) is 7.06. The standard InChI is InChI=1S/C19H26N4O3/c1-21(2)19(26)13-22-9-8-15(17(24)11-22)20-18(25)12-23-10-7-14-5-3-4-6-16(14)23/h3-7,10,15,17,24H,8-9,11-13H2,1-2H3,(H,20,25)/t15-,17-/m1/s1. The van der Waals surface area contributed by atoms with Crippen LogP contribution in [0, 0.1) is 0 Å². The molecule has 2 atom stereocenters. The zero-order chi connectivity index (χ0) is 18.7. The highest BCUT2D eigenvalue weighted by atomic mass is 16.3. The predicted molar refractivity (Wildman–Crippen MR) is 99.6 cm³/mol. The van der Waals surface area contributed by atoms with Gasteiger partial charge in [-0.1, -0.05) is 18.2 Å². The number of piperidine rings is 1. The second kappa shape index (κ2) is 7.88. The molecular weight excluding hydrogens is 332 g/mol. The minimum Gasteiger partial charge on any atom is -0.390 e. The van der Waals surface area contributed by atoms with Crippen LogP contribution in [0.25, 0.3) is 10.9 Å². The lowest BCUT2D eigenvalue weighted by Gasteiger charge is -2.36. The van der Waals surface area contributed by atoms with Crippen LogP contribution in [-0.2, 0) is 16.1 Å². The van der Waals surface area contributed by atoms with Crippen molar-refractivity contribution in [3.63, 3.8) is 0 Å². The SMILES string of the molecule is CN(C)C(=O)CN1CC[C@@H](NC(=O)Cn2ccc3ccccc32)[C@H](O)C1. The third kappa shape index (κ3) is 4.23. The number of hydrogen-bond donors (Lipinski definition) is 2. The fourth-order valence-electron chi connectivity index (χ4n) is 3.33. The minimum absolute atomic E-state index is 0.0131. The molecule has 3 rings (SSSR count). The number of hydrogen-bond acceptors (Lipinski definition) is 4. The Morgan fingerprint density at radius 3 is 2.73 bits per heavy atom. The number of amides is 2. The lowest BCUT2D eigenvalue weighted by molar-refractivity contribution is -0.131. The van der Waals surface area contributed by atoms with Gasteiger partial charge in [-0.05, 0) is 23.9 Å². The molecule has 2 heterocycles. The van der Waals surface area contributed by atoms with Gasteiger partial charge in [-0.3, -0.25) is 14.5 Å². The van der Waals surface area contributed by atoms with Gasteiger partial charge in [-0.15, -0.1) is 0 Å². The summed E-state index contributed by atoms with van der Waals surface area (Å²) >= 11 is 0. The first-order chi connectivity index (χ1) is 12.4. The van der Waals surface area contributed by atoms with E-state index in [9.17, 15) is 14.7 Å². The van der Waals surface area contributed by atoms with E-state index < -0.39 is 6.10 Å². The van der Waals surface area contributed by atoms with Crippen molar-refractivity contribution in [2.75, 3.05) is 33.7 Å². The highest BCUT2D eigenvalue weighted by molar-refractivity contribution is 5.83. The molecule has 1 fully saturated rings. The van der Waals surface area contributed by atoms with E-state index in [4.69, 9.17) is 0 Å².